The van der Waals surface area contributed by atoms with Crippen LogP contribution >= 0.6 is 35.0 Å². The Bertz CT molecular complexity index is 1030. The zero-order chi connectivity index (χ0) is 18.1. The average Bonchev–Trinajstić information content (AvgIpc) is 2.63. The Balaban J connectivity index is 1.97. The van der Waals surface area contributed by atoms with Gasteiger partial charge in [-0.25, -0.2) is 4.79 Å². The molecule has 1 aromatic heterocycles. The van der Waals surface area contributed by atoms with Crippen LogP contribution < -0.4 is 11.2 Å². The number of aliphatic hydroxyl groups excluding tert-OH is 1. The van der Waals surface area contributed by atoms with E-state index in [1.54, 1.807) is 48.5 Å². The first-order valence-corrected chi connectivity index (χ1v) is 8.10. The van der Waals surface area contributed by atoms with E-state index in [9.17, 15) is 14.7 Å². The van der Waals surface area contributed by atoms with E-state index in [1.807, 2.05) is 0 Å². The second-order valence-corrected chi connectivity index (χ2v) is 6.25. The molecular formula is C16H10Cl3N3O3. The van der Waals surface area contributed by atoms with Crippen LogP contribution in [0.5, 0.6) is 0 Å². The minimum atomic E-state index is -0.889. The van der Waals surface area contributed by atoms with Crippen molar-refractivity contribution in [3.05, 3.63) is 90.7 Å². The fourth-order valence-electron chi connectivity index (χ4n) is 2.23. The lowest BCUT2D eigenvalue weighted by molar-refractivity contribution is 0.220. The first kappa shape index (κ1) is 17.7. The summed E-state index contributed by atoms with van der Waals surface area (Å²) < 4.78 is 1.25. The summed E-state index contributed by atoms with van der Waals surface area (Å²) in [5, 5.41) is 14.3. The predicted molar refractivity (Wildman–Crippen MR) is 95.9 cm³/mol. The van der Waals surface area contributed by atoms with Crippen LogP contribution in [0.1, 0.15) is 17.2 Å². The van der Waals surface area contributed by atoms with Gasteiger partial charge in [-0.15, -0.1) is 5.10 Å². The van der Waals surface area contributed by atoms with Gasteiger partial charge in [0.05, 0.1) is 5.69 Å². The maximum Gasteiger partial charge on any atom is 0.367 e. The summed E-state index contributed by atoms with van der Waals surface area (Å²) in [5.74, 6) is 0. The molecule has 6 nitrogen and oxygen atoms in total. The third-order valence-electron chi connectivity index (χ3n) is 3.53. The fraction of sp³-hybridized carbons (Fsp3) is 0.0625. The Morgan fingerprint density at radius 1 is 0.920 bits per heavy atom. The van der Waals surface area contributed by atoms with Crippen molar-refractivity contribution >= 4 is 35.0 Å². The summed E-state index contributed by atoms with van der Waals surface area (Å²) >= 11 is 17.1. The molecule has 0 aliphatic rings. The van der Waals surface area contributed by atoms with Crippen molar-refractivity contribution in [2.24, 2.45) is 0 Å². The van der Waals surface area contributed by atoms with E-state index in [0.717, 1.165) is 4.68 Å². The predicted octanol–water partition coefficient (Wildman–Crippen LogP) is 2.78. The lowest BCUT2D eigenvalue weighted by Gasteiger charge is -2.12. The number of benzene rings is 2. The number of rotatable bonds is 3. The van der Waals surface area contributed by atoms with Gasteiger partial charge in [0, 0.05) is 16.8 Å². The first-order valence-electron chi connectivity index (χ1n) is 7.00. The molecule has 1 heterocycles. The largest absolute Gasteiger partial charge is 0.384 e. The number of aromatic nitrogens is 3. The van der Waals surface area contributed by atoms with Crippen LogP contribution in [0.25, 0.3) is 5.69 Å². The molecule has 0 aliphatic heterocycles. The van der Waals surface area contributed by atoms with Gasteiger partial charge in [0.1, 0.15) is 6.10 Å². The van der Waals surface area contributed by atoms with Gasteiger partial charge in [-0.2, -0.15) is 8.77 Å². The Labute approximate surface area is 156 Å². The smallest absolute Gasteiger partial charge is 0.367 e. The Morgan fingerprint density at radius 3 is 2.00 bits per heavy atom. The molecule has 3 rings (SSSR count). The summed E-state index contributed by atoms with van der Waals surface area (Å²) in [6, 6.07) is 13.2. The minimum Gasteiger partial charge on any atom is -0.384 e. The van der Waals surface area contributed by atoms with Crippen molar-refractivity contribution in [2.45, 2.75) is 6.10 Å². The lowest BCUT2D eigenvalue weighted by atomic mass is 10.0. The lowest BCUT2D eigenvalue weighted by Crippen LogP contribution is -2.36. The highest BCUT2D eigenvalue weighted by atomic mass is 35.5. The van der Waals surface area contributed by atoms with Crippen LogP contribution in [0.3, 0.4) is 0 Å². The number of nitrogens with zero attached hydrogens (tertiary/aromatic N) is 3. The van der Waals surface area contributed by atoms with Gasteiger partial charge in [-0.3, -0.25) is 4.79 Å². The SMILES string of the molecule is O=c1c(Cl)nn(-c2ccc(C(O)c3ccc(Cl)cc3)cc2)c(=O)n1Cl. The van der Waals surface area contributed by atoms with Crippen molar-refractivity contribution in [1.29, 1.82) is 0 Å². The third-order valence-corrected chi connectivity index (χ3v) is 4.32. The van der Waals surface area contributed by atoms with Crippen molar-refractivity contribution < 1.29 is 5.11 Å². The molecule has 0 saturated heterocycles. The monoisotopic (exact) mass is 397 g/mol. The summed E-state index contributed by atoms with van der Waals surface area (Å²) in [6.45, 7) is 0. The maximum atomic E-state index is 12.0. The second kappa shape index (κ2) is 7.01. The summed E-state index contributed by atoms with van der Waals surface area (Å²) in [7, 11) is 0. The van der Waals surface area contributed by atoms with E-state index in [1.165, 1.54) is 0 Å². The fourth-order valence-corrected chi connectivity index (χ4v) is 2.71. The molecule has 2 aromatic carbocycles. The van der Waals surface area contributed by atoms with Crippen molar-refractivity contribution in [3.8, 4) is 5.69 Å². The van der Waals surface area contributed by atoms with Crippen LogP contribution in [0, 0.1) is 0 Å². The summed E-state index contributed by atoms with van der Waals surface area (Å²) in [4.78, 5) is 23.5. The topological polar surface area (TPSA) is 77.1 Å². The molecule has 0 aliphatic carbocycles. The minimum absolute atomic E-state index is 0.341. The normalized spacial score (nSPS) is 12.2. The zero-order valence-corrected chi connectivity index (χ0v) is 14.7. The average molecular weight is 399 g/mol. The van der Waals surface area contributed by atoms with Crippen molar-refractivity contribution in [1.82, 2.24) is 13.9 Å². The van der Waals surface area contributed by atoms with Crippen molar-refractivity contribution in [2.75, 3.05) is 0 Å². The molecule has 0 bridgehead atoms. The van der Waals surface area contributed by atoms with Crippen molar-refractivity contribution in [3.63, 3.8) is 0 Å². The van der Waals surface area contributed by atoms with E-state index >= 15 is 0 Å². The molecule has 0 saturated carbocycles. The second-order valence-electron chi connectivity index (χ2n) is 5.12. The maximum absolute atomic E-state index is 12.0. The summed E-state index contributed by atoms with van der Waals surface area (Å²) in [5.41, 5.74) is -0.121. The zero-order valence-electron chi connectivity index (χ0n) is 12.4. The Kier molecular flexibility index (Phi) is 4.96. The molecule has 1 N–H and O–H groups in total. The number of hydrogen-bond acceptors (Lipinski definition) is 4. The standard InChI is InChI=1S/C16H10Cl3N3O3/c17-11-5-1-9(2-6-11)13(23)10-3-7-12(8-4-10)22-16(25)21(19)15(24)14(18)20-22/h1-8,13,23H. The molecule has 0 fully saturated rings. The van der Waals surface area contributed by atoms with E-state index in [0.29, 0.717) is 25.9 Å². The highest BCUT2D eigenvalue weighted by Gasteiger charge is 2.14. The molecule has 0 radical (unpaired) electrons. The van der Waals surface area contributed by atoms with Crippen LogP contribution in [0.15, 0.2) is 58.1 Å². The molecule has 1 unspecified atom stereocenters. The Morgan fingerprint density at radius 2 is 1.44 bits per heavy atom. The molecule has 128 valence electrons. The number of aliphatic hydroxyl groups is 1. The number of halogens is 3. The van der Waals surface area contributed by atoms with Gasteiger partial charge >= 0.3 is 11.2 Å². The van der Waals surface area contributed by atoms with E-state index < -0.39 is 22.5 Å². The first-order chi connectivity index (χ1) is 11.9. The van der Waals surface area contributed by atoms with E-state index in [4.69, 9.17) is 35.0 Å². The summed E-state index contributed by atoms with van der Waals surface area (Å²) in [6.07, 6.45) is -0.860. The van der Waals surface area contributed by atoms with Gasteiger partial charge < -0.3 is 5.11 Å². The van der Waals surface area contributed by atoms with Crippen LogP contribution in [-0.2, 0) is 0 Å². The molecule has 0 spiro atoms. The molecular weight excluding hydrogens is 389 g/mol. The third kappa shape index (κ3) is 3.48. The Hall–Kier alpha value is -2.12. The van der Waals surface area contributed by atoms with Gasteiger partial charge in [-0.1, -0.05) is 47.5 Å². The molecule has 1 atom stereocenters. The molecule has 9 heteroatoms. The van der Waals surface area contributed by atoms with Crippen LogP contribution in [-0.4, -0.2) is 19.0 Å². The highest BCUT2D eigenvalue weighted by Crippen LogP contribution is 2.24. The van der Waals surface area contributed by atoms with Crippen LogP contribution in [0.4, 0.5) is 0 Å². The molecule has 0 amide bonds. The van der Waals surface area contributed by atoms with Crippen LogP contribution in [0.2, 0.25) is 10.2 Å². The van der Waals surface area contributed by atoms with Gasteiger partial charge in [0.15, 0.2) is 0 Å². The van der Waals surface area contributed by atoms with E-state index in [-0.39, 0.29) is 0 Å². The molecule has 25 heavy (non-hydrogen) atoms. The highest BCUT2D eigenvalue weighted by molar-refractivity contribution is 6.30. The van der Waals surface area contributed by atoms with Gasteiger partial charge in [-0.05, 0) is 35.4 Å². The van der Waals surface area contributed by atoms with Gasteiger partial charge in [0.25, 0.3) is 0 Å². The quantitative estimate of drug-likeness (QED) is 0.736. The number of hydrogen-bond donors (Lipinski definition) is 1. The van der Waals surface area contributed by atoms with Gasteiger partial charge in [0.2, 0.25) is 5.15 Å². The molecule has 3 aromatic rings. The van der Waals surface area contributed by atoms with E-state index in [2.05, 4.69) is 5.10 Å².